The summed E-state index contributed by atoms with van der Waals surface area (Å²) in [4.78, 5) is 13.6. The molecule has 1 N–H and O–H groups in total. The van der Waals surface area contributed by atoms with Crippen molar-refractivity contribution in [2.45, 2.75) is 25.3 Å². The lowest BCUT2D eigenvalue weighted by molar-refractivity contribution is -0.129. The topological polar surface area (TPSA) is 50.2 Å². The first-order valence-corrected chi connectivity index (χ1v) is 6.11. The fourth-order valence-electron chi connectivity index (χ4n) is 1.85. The summed E-state index contributed by atoms with van der Waals surface area (Å²) in [6.45, 7) is 1.24. The van der Waals surface area contributed by atoms with Crippen molar-refractivity contribution in [3.05, 3.63) is 18.0 Å². The van der Waals surface area contributed by atoms with Crippen molar-refractivity contribution in [3.8, 4) is 0 Å². The predicted octanol–water partition coefficient (Wildman–Crippen LogP) is 0.173. The molecule has 1 aromatic rings. The molecule has 5 nitrogen and oxygen atoms in total. The Bertz CT molecular complexity index is 384. The van der Waals surface area contributed by atoms with E-state index in [1.807, 2.05) is 29.7 Å². The van der Waals surface area contributed by atoms with E-state index in [1.165, 1.54) is 5.69 Å². The number of amides is 1. The van der Waals surface area contributed by atoms with Crippen molar-refractivity contribution in [3.63, 3.8) is 0 Å². The van der Waals surface area contributed by atoms with E-state index in [-0.39, 0.29) is 5.91 Å². The molecular weight excluding hydrogens is 216 g/mol. The maximum absolute atomic E-state index is 11.7. The molecule has 0 saturated heterocycles. The summed E-state index contributed by atoms with van der Waals surface area (Å²) >= 11 is 0. The van der Waals surface area contributed by atoms with Crippen LogP contribution in [0.3, 0.4) is 0 Å². The third kappa shape index (κ3) is 3.30. The number of hydrogen-bond donors (Lipinski definition) is 1. The Hall–Kier alpha value is -1.36. The van der Waals surface area contributed by atoms with Crippen LogP contribution < -0.4 is 5.32 Å². The van der Waals surface area contributed by atoms with Gasteiger partial charge in [-0.2, -0.15) is 5.10 Å². The van der Waals surface area contributed by atoms with Gasteiger partial charge in [-0.25, -0.2) is 0 Å². The van der Waals surface area contributed by atoms with E-state index in [0.29, 0.717) is 12.6 Å². The zero-order valence-corrected chi connectivity index (χ0v) is 10.5. The van der Waals surface area contributed by atoms with E-state index in [9.17, 15) is 4.79 Å². The van der Waals surface area contributed by atoms with E-state index in [4.69, 9.17) is 0 Å². The third-order valence-corrected chi connectivity index (χ3v) is 3.24. The molecule has 0 unspecified atom stereocenters. The summed E-state index contributed by atoms with van der Waals surface area (Å²) < 4.78 is 1.86. The van der Waals surface area contributed by atoms with Crippen LogP contribution in [-0.4, -0.2) is 46.8 Å². The monoisotopic (exact) mass is 236 g/mol. The Balaban J connectivity index is 1.63. The molecule has 1 amide bonds. The summed E-state index contributed by atoms with van der Waals surface area (Å²) in [5.41, 5.74) is 1.18. The van der Waals surface area contributed by atoms with Crippen LogP contribution in [0.15, 0.2) is 12.3 Å². The smallest absolute Gasteiger partial charge is 0.236 e. The lowest BCUT2D eigenvalue weighted by Gasteiger charge is -2.16. The van der Waals surface area contributed by atoms with Gasteiger partial charge in [-0.1, -0.05) is 0 Å². The normalized spacial score (nSPS) is 14.9. The standard InChI is InChI=1S/C12H20N4O/c1-15(10-3-4-10)12(17)9-13-7-5-11-6-8-14-16(11)2/h6,8,10,13H,3-5,7,9H2,1-2H3. The van der Waals surface area contributed by atoms with Gasteiger partial charge in [0.1, 0.15) is 0 Å². The van der Waals surface area contributed by atoms with Crippen LogP contribution >= 0.6 is 0 Å². The van der Waals surface area contributed by atoms with Gasteiger partial charge < -0.3 is 10.2 Å². The van der Waals surface area contributed by atoms with Crippen LogP contribution in [0.4, 0.5) is 0 Å². The molecule has 1 saturated carbocycles. The number of carbonyl (C=O) groups is 1. The molecule has 1 aliphatic rings. The van der Waals surface area contributed by atoms with Gasteiger partial charge in [0.25, 0.3) is 0 Å². The van der Waals surface area contributed by atoms with Gasteiger partial charge in [-0.15, -0.1) is 0 Å². The van der Waals surface area contributed by atoms with Gasteiger partial charge in [0.15, 0.2) is 0 Å². The molecule has 94 valence electrons. The molecule has 17 heavy (non-hydrogen) atoms. The average molecular weight is 236 g/mol. The highest BCUT2D eigenvalue weighted by Gasteiger charge is 2.28. The summed E-state index contributed by atoms with van der Waals surface area (Å²) in [6, 6.07) is 2.50. The number of likely N-dealkylation sites (N-methyl/N-ethyl adjacent to an activating group) is 1. The molecule has 1 fully saturated rings. The maximum atomic E-state index is 11.7. The maximum Gasteiger partial charge on any atom is 0.236 e. The summed E-state index contributed by atoms with van der Waals surface area (Å²) in [7, 11) is 3.82. The van der Waals surface area contributed by atoms with Crippen molar-refractivity contribution >= 4 is 5.91 Å². The summed E-state index contributed by atoms with van der Waals surface area (Å²) in [5.74, 6) is 0.192. The molecule has 1 heterocycles. The van der Waals surface area contributed by atoms with Crippen LogP contribution in [-0.2, 0) is 18.3 Å². The predicted molar refractivity (Wildman–Crippen MR) is 65.6 cm³/mol. The van der Waals surface area contributed by atoms with Crippen molar-refractivity contribution < 1.29 is 4.79 Å². The highest BCUT2D eigenvalue weighted by atomic mass is 16.2. The molecule has 0 atom stereocenters. The quantitative estimate of drug-likeness (QED) is 0.717. The van der Waals surface area contributed by atoms with Crippen LogP contribution in [0, 0.1) is 0 Å². The average Bonchev–Trinajstić information content (AvgIpc) is 3.08. The Morgan fingerprint density at radius 3 is 3.00 bits per heavy atom. The van der Waals surface area contributed by atoms with Gasteiger partial charge in [0, 0.05) is 45.0 Å². The molecule has 2 rings (SSSR count). The Labute approximate surface area is 102 Å². The van der Waals surface area contributed by atoms with E-state index in [2.05, 4.69) is 10.4 Å². The number of hydrogen-bond acceptors (Lipinski definition) is 3. The minimum absolute atomic E-state index is 0.192. The number of aryl methyl sites for hydroxylation is 1. The molecule has 0 bridgehead atoms. The molecule has 5 heteroatoms. The van der Waals surface area contributed by atoms with Gasteiger partial charge >= 0.3 is 0 Å². The second-order valence-corrected chi connectivity index (χ2v) is 4.61. The number of nitrogens with one attached hydrogen (secondary N) is 1. The molecule has 1 aromatic heterocycles. The van der Waals surface area contributed by atoms with E-state index >= 15 is 0 Å². The van der Waals surface area contributed by atoms with Crippen molar-refractivity contribution in [1.82, 2.24) is 20.0 Å². The van der Waals surface area contributed by atoms with Crippen LogP contribution in [0.5, 0.6) is 0 Å². The fourth-order valence-corrected chi connectivity index (χ4v) is 1.85. The van der Waals surface area contributed by atoms with Crippen LogP contribution in [0.2, 0.25) is 0 Å². The zero-order chi connectivity index (χ0) is 12.3. The second-order valence-electron chi connectivity index (χ2n) is 4.61. The Kier molecular flexibility index (Phi) is 3.78. The summed E-state index contributed by atoms with van der Waals surface area (Å²) in [6.07, 6.45) is 5.02. The van der Waals surface area contributed by atoms with Gasteiger partial charge in [0.05, 0.1) is 6.54 Å². The molecule has 1 aliphatic carbocycles. The zero-order valence-electron chi connectivity index (χ0n) is 10.5. The molecule has 0 aromatic carbocycles. The second kappa shape index (κ2) is 5.31. The van der Waals surface area contributed by atoms with Crippen LogP contribution in [0.25, 0.3) is 0 Å². The van der Waals surface area contributed by atoms with Crippen molar-refractivity contribution in [2.24, 2.45) is 7.05 Å². The highest BCUT2D eigenvalue weighted by molar-refractivity contribution is 5.78. The lowest BCUT2D eigenvalue weighted by atomic mass is 10.3. The molecule has 0 radical (unpaired) electrons. The lowest BCUT2D eigenvalue weighted by Crippen LogP contribution is -2.37. The Morgan fingerprint density at radius 2 is 2.41 bits per heavy atom. The van der Waals surface area contributed by atoms with Gasteiger partial charge in [-0.3, -0.25) is 9.48 Å². The van der Waals surface area contributed by atoms with Crippen molar-refractivity contribution in [2.75, 3.05) is 20.1 Å². The van der Waals surface area contributed by atoms with Gasteiger partial charge in [0.2, 0.25) is 5.91 Å². The number of aromatic nitrogens is 2. The van der Waals surface area contributed by atoms with Crippen LogP contribution in [0.1, 0.15) is 18.5 Å². The summed E-state index contributed by atoms with van der Waals surface area (Å²) in [5, 5.41) is 7.29. The van der Waals surface area contributed by atoms with E-state index in [0.717, 1.165) is 25.8 Å². The minimum atomic E-state index is 0.192. The van der Waals surface area contributed by atoms with E-state index in [1.54, 1.807) is 6.20 Å². The van der Waals surface area contributed by atoms with Crippen molar-refractivity contribution in [1.29, 1.82) is 0 Å². The molecule has 0 aliphatic heterocycles. The van der Waals surface area contributed by atoms with E-state index < -0.39 is 0 Å². The first kappa shape index (κ1) is 12.1. The molecular formula is C12H20N4O. The number of nitrogens with zero attached hydrogens (tertiary/aromatic N) is 3. The Morgan fingerprint density at radius 1 is 1.65 bits per heavy atom. The minimum Gasteiger partial charge on any atom is -0.342 e. The largest absolute Gasteiger partial charge is 0.342 e. The SMILES string of the molecule is CN(C(=O)CNCCc1ccnn1C)C1CC1. The third-order valence-electron chi connectivity index (χ3n) is 3.24. The molecule has 0 spiro atoms. The number of carbonyl (C=O) groups excluding carboxylic acids is 1. The highest BCUT2D eigenvalue weighted by Crippen LogP contribution is 2.24. The number of rotatable bonds is 6. The van der Waals surface area contributed by atoms with Gasteiger partial charge in [-0.05, 0) is 18.9 Å². The fraction of sp³-hybridized carbons (Fsp3) is 0.667. The first-order chi connectivity index (χ1) is 8.18. The first-order valence-electron chi connectivity index (χ1n) is 6.11.